The van der Waals surface area contributed by atoms with Gasteiger partial charge in [-0.25, -0.2) is 0 Å². The van der Waals surface area contributed by atoms with Gasteiger partial charge in [-0.1, -0.05) is 11.6 Å². The predicted octanol–water partition coefficient (Wildman–Crippen LogP) is 2.72. The van der Waals surface area contributed by atoms with Crippen LogP contribution >= 0.6 is 11.6 Å². The lowest BCUT2D eigenvalue weighted by Gasteiger charge is -2.05. The third kappa shape index (κ3) is 2.33. The van der Waals surface area contributed by atoms with Gasteiger partial charge in [-0.2, -0.15) is 18.3 Å². The average Bonchev–Trinajstić information content (AvgIpc) is 2.59. The van der Waals surface area contributed by atoms with Gasteiger partial charge in [0.05, 0.1) is 5.52 Å². The van der Waals surface area contributed by atoms with Crippen LogP contribution in [-0.4, -0.2) is 22.3 Å². The van der Waals surface area contributed by atoms with Crippen LogP contribution in [0.3, 0.4) is 0 Å². The van der Waals surface area contributed by atoms with E-state index in [-0.39, 0.29) is 5.82 Å². The largest absolute Gasteiger partial charge is 0.471 e. The Labute approximate surface area is 97.8 Å². The summed E-state index contributed by atoms with van der Waals surface area (Å²) in [5.74, 6) is -2.25. The second-order valence-corrected chi connectivity index (χ2v) is 3.65. The van der Waals surface area contributed by atoms with Crippen molar-refractivity contribution in [2.24, 2.45) is 0 Å². The molecular formula is C9H5ClF3N3O. The van der Waals surface area contributed by atoms with Crippen molar-refractivity contribution in [2.75, 3.05) is 5.32 Å². The second-order valence-electron chi connectivity index (χ2n) is 3.21. The molecule has 0 saturated heterocycles. The summed E-state index contributed by atoms with van der Waals surface area (Å²) >= 11 is 5.69. The first-order valence-electron chi connectivity index (χ1n) is 4.40. The topological polar surface area (TPSA) is 57.8 Å². The van der Waals surface area contributed by atoms with E-state index in [0.717, 1.165) is 0 Å². The molecule has 1 aromatic heterocycles. The average molecular weight is 264 g/mol. The number of alkyl halides is 3. The zero-order valence-electron chi connectivity index (χ0n) is 8.10. The van der Waals surface area contributed by atoms with Gasteiger partial charge >= 0.3 is 12.1 Å². The number of H-pyrrole nitrogens is 1. The number of benzene rings is 1. The first kappa shape index (κ1) is 11.7. The first-order chi connectivity index (χ1) is 7.88. The lowest BCUT2D eigenvalue weighted by atomic mass is 10.2. The number of amides is 1. The molecule has 2 rings (SSSR count). The minimum Gasteiger partial charge on any atom is -0.301 e. The summed E-state index contributed by atoms with van der Waals surface area (Å²) in [5, 5.41) is 8.48. The Kier molecular flexibility index (Phi) is 2.70. The maximum Gasteiger partial charge on any atom is 0.471 e. The highest BCUT2D eigenvalue weighted by atomic mass is 35.5. The molecule has 0 fully saturated rings. The molecule has 1 aromatic carbocycles. The third-order valence-corrected chi connectivity index (χ3v) is 2.25. The van der Waals surface area contributed by atoms with Gasteiger partial charge in [0.2, 0.25) is 0 Å². The number of anilines is 1. The second kappa shape index (κ2) is 3.92. The fraction of sp³-hybridized carbons (Fsp3) is 0.111. The zero-order chi connectivity index (χ0) is 12.6. The molecule has 0 atom stereocenters. The van der Waals surface area contributed by atoms with Crippen LogP contribution in [0.4, 0.5) is 19.0 Å². The van der Waals surface area contributed by atoms with Gasteiger partial charge in [-0.05, 0) is 18.2 Å². The zero-order valence-corrected chi connectivity index (χ0v) is 8.86. The number of aromatic nitrogens is 2. The SMILES string of the molecule is O=C(Nc1n[nH]c2cc(Cl)ccc12)C(F)(F)F. The lowest BCUT2D eigenvalue weighted by Crippen LogP contribution is -2.30. The maximum atomic E-state index is 12.0. The van der Waals surface area contributed by atoms with E-state index in [0.29, 0.717) is 15.9 Å². The van der Waals surface area contributed by atoms with E-state index < -0.39 is 12.1 Å². The minimum atomic E-state index is -4.95. The van der Waals surface area contributed by atoms with Gasteiger partial charge in [-0.3, -0.25) is 9.89 Å². The number of carbonyl (C=O) groups is 1. The molecule has 0 radical (unpaired) electrons. The Bertz CT molecular complexity index is 578. The van der Waals surface area contributed by atoms with Crippen LogP contribution in [0, 0.1) is 0 Å². The van der Waals surface area contributed by atoms with Gasteiger partial charge in [0, 0.05) is 10.4 Å². The lowest BCUT2D eigenvalue weighted by molar-refractivity contribution is -0.167. The predicted molar refractivity (Wildman–Crippen MR) is 55.8 cm³/mol. The number of aromatic amines is 1. The van der Waals surface area contributed by atoms with Gasteiger partial charge in [0.15, 0.2) is 5.82 Å². The molecule has 2 aromatic rings. The number of hydrogen-bond donors (Lipinski definition) is 2. The molecule has 0 unspecified atom stereocenters. The number of nitrogens with one attached hydrogen (secondary N) is 2. The number of carbonyl (C=O) groups excluding carboxylic acids is 1. The first-order valence-corrected chi connectivity index (χ1v) is 4.77. The van der Waals surface area contributed by atoms with Crippen molar-refractivity contribution in [3.8, 4) is 0 Å². The molecule has 17 heavy (non-hydrogen) atoms. The minimum absolute atomic E-state index is 0.181. The fourth-order valence-electron chi connectivity index (χ4n) is 1.27. The summed E-state index contributed by atoms with van der Waals surface area (Å²) in [6, 6.07) is 4.45. The molecule has 4 nitrogen and oxygen atoms in total. The van der Waals surface area contributed by atoms with Crippen molar-refractivity contribution in [3.05, 3.63) is 23.2 Å². The Morgan fingerprint density at radius 2 is 2.12 bits per heavy atom. The van der Waals surface area contributed by atoms with Crippen molar-refractivity contribution in [3.63, 3.8) is 0 Å². The van der Waals surface area contributed by atoms with E-state index in [2.05, 4.69) is 10.2 Å². The molecule has 0 spiro atoms. The maximum absolute atomic E-state index is 12.0. The fourth-order valence-corrected chi connectivity index (χ4v) is 1.44. The molecule has 0 aliphatic carbocycles. The van der Waals surface area contributed by atoms with Crippen molar-refractivity contribution >= 4 is 34.2 Å². The van der Waals surface area contributed by atoms with E-state index in [1.54, 1.807) is 5.32 Å². The van der Waals surface area contributed by atoms with E-state index in [9.17, 15) is 18.0 Å². The van der Waals surface area contributed by atoms with Gasteiger partial charge in [0.1, 0.15) is 0 Å². The highest BCUT2D eigenvalue weighted by Gasteiger charge is 2.39. The van der Waals surface area contributed by atoms with Crippen molar-refractivity contribution in [1.29, 1.82) is 0 Å². The third-order valence-electron chi connectivity index (χ3n) is 2.01. The van der Waals surface area contributed by atoms with Crippen LogP contribution in [0.2, 0.25) is 5.02 Å². The molecule has 0 aliphatic heterocycles. The standard InChI is InChI=1S/C9H5ClF3N3O/c10-4-1-2-5-6(3-4)15-16-7(5)14-8(17)9(11,12)13/h1-3H,(H2,14,15,16,17). The molecule has 0 saturated carbocycles. The van der Waals surface area contributed by atoms with Gasteiger partial charge < -0.3 is 5.32 Å². The smallest absolute Gasteiger partial charge is 0.301 e. The Balaban J connectivity index is 2.35. The summed E-state index contributed by atoms with van der Waals surface area (Å²) in [4.78, 5) is 10.7. The van der Waals surface area contributed by atoms with Crippen molar-refractivity contribution in [1.82, 2.24) is 10.2 Å². The Morgan fingerprint density at radius 3 is 2.76 bits per heavy atom. The number of fused-ring (bicyclic) bond motifs is 1. The highest BCUT2D eigenvalue weighted by Crippen LogP contribution is 2.25. The molecule has 1 heterocycles. The molecule has 1 amide bonds. The van der Waals surface area contributed by atoms with Crippen LogP contribution in [-0.2, 0) is 4.79 Å². The van der Waals surface area contributed by atoms with Gasteiger partial charge in [0.25, 0.3) is 0 Å². The number of nitrogens with zero attached hydrogens (tertiary/aromatic N) is 1. The monoisotopic (exact) mass is 263 g/mol. The summed E-state index contributed by atoms with van der Waals surface area (Å²) in [5.41, 5.74) is 0.440. The molecule has 8 heteroatoms. The highest BCUT2D eigenvalue weighted by molar-refractivity contribution is 6.31. The number of halogens is 4. The van der Waals surface area contributed by atoms with Crippen LogP contribution in [0.1, 0.15) is 0 Å². The normalized spacial score (nSPS) is 11.8. The van der Waals surface area contributed by atoms with Crippen LogP contribution < -0.4 is 5.32 Å². The Morgan fingerprint density at radius 1 is 1.41 bits per heavy atom. The number of hydrogen-bond acceptors (Lipinski definition) is 2. The van der Waals surface area contributed by atoms with E-state index in [1.807, 2.05) is 0 Å². The quantitative estimate of drug-likeness (QED) is 0.831. The van der Waals surface area contributed by atoms with Crippen molar-refractivity contribution in [2.45, 2.75) is 6.18 Å². The molecule has 0 bridgehead atoms. The van der Waals surface area contributed by atoms with E-state index in [4.69, 9.17) is 11.6 Å². The van der Waals surface area contributed by atoms with Gasteiger partial charge in [-0.15, -0.1) is 0 Å². The summed E-state index contributed by atoms with van der Waals surface area (Å²) in [7, 11) is 0. The molecule has 0 aliphatic rings. The van der Waals surface area contributed by atoms with E-state index in [1.165, 1.54) is 18.2 Å². The summed E-state index contributed by atoms with van der Waals surface area (Å²) < 4.78 is 36.1. The Hall–Kier alpha value is -1.76. The van der Waals surface area contributed by atoms with Crippen LogP contribution in [0.25, 0.3) is 10.9 Å². The van der Waals surface area contributed by atoms with E-state index >= 15 is 0 Å². The van der Waals surface area contributed by atoms with Crippen LogP contribution in [0.15, 0.2) is 18.2 Å². The molecule has 90 valence electrons. The number of rotatable bonds is 1. The van der Waals surface area contributed by atoms with Crippen LogP contribution in [0.5, 0.6) is 0 Å². The van der Waals surface area contributed by atoms with Crippen molar-refractivity contribution < 1.29 is 18.0 Å². The summed E-state index contributed by atoms with van der Waals surface area (Å²) in [6.45, 7) is 0. The molecule has 2 N–H and O–H groups in total. The molecular weight excluding hydrogens is 259 g/mol. The summed E-state index contributed by atoms with van der Waals surface area (Å²) in [6.07, 6.45) is -4.95.